The van der Waals surface area contributed by atoms with Gasteiger partial charge in [0.1, 0.15) is 18.4 Å². The third-order valence-electron chi connectivity index (χ3n) is 4.82. The zero-order valence-corrected chi connectivity index (χ0v) is 22.1. The monoisotopic (exact) mass is 551 g/mol. The Balaban J connectivity index is 2.44. The van der Waals surface area contributed by atoms with Gasteiger partial charge in [-0.25, -0.2) is 12.8 Å². The first kappa shape index (κ1) is 28.2. The Morgan fingerprint density at radius 3 is 2.21 bits per heavy atom. The highest BCUT2D eigenvalue weighted by Crippen LogP contribution is 2.26. The van der Waals surface area contributed by atoms with Gasteiger partial charge in [0.25, 0.3) is 0 Å². The molecule has 34 heavy (non-hydrogen) atoms. The minimum Gasteiger partial charge on any atom is -0.352 e. The fourth-order valence-corrected chi connectivity index (χ4v) is 4.56. The van der Waals surface area contributed by atoms with Gasteiger partial charge in [0.15, 0.2) is 0 Å². The molecule has 0 bridgehead atoms. The number of halogens is 4. The van der Waals surface area contributed by atoms with Gasteiger partial charge in [0.2, 0.25) is 21.8 Å². The first-order valence-electron chi connectivity index (χ1n) is 10.2. The van der Waals surface area contributed by atoms with Gasteiger partial charge in [-0.2, -0.15) is 0 Å². The second-order valence-corrected chi connectivity index (χ2v) is 11.1. The first-order chi connectivity index (χ1) is 15.7. The molecule has 0 aromatic heterocycles. The second-order valence-electron chi connectivity index (χ2n) is 7.96. The standard InChI is InChI=1S/C22H25Cl3FN3O4S/c1-13(2)27-22(31)14(3)28(11-15-5-6-16(23)9-18(15)24)21(30)12-29(34(4,32)33)17-7-8-20(26)19(25)10-17/h5-10,13-14H,11-12H2,1-4H3,(H,27,31)/t14-/m0/s1. The predicted molar refractivity (Wildman–Crippen MR) is 133 cm³/mol. The minimum atomic E-state index is -3.97. The van der Waals surface area contributed by atoms with Crippen molar-refractivity contribution >= 4 is 62.3 Å². The highest BCUT2D eigenvalue weighted by molar-refractivity contribution is 7.92. The molecule has 0 saturated carbocycles. The molecule has 12 heteroatoms. The number of carbonyl (C=O) groups excluding carboxylic acids is 2. The maximum absolute atomic E-state index is 13.6. The molecule has 0 saturated heterocycles. The zero-order valence-electron chi connectivity index (χ0n) is 19.0. The summed E-state index contributed by atoms with van der Waals surface area (Å²) in [5, 5.41) is 3.12. The Morgan fingerprint density at radius 1 is 1.03 bits per heavy atom. The van der Waals surface area contributed by atoms with Crippen molar-refractivity contribution in [3.63, 3.8) is 0 Å². The summed E-state index contributed by atoms with van der Waals surface area (Å²) in [7, 11) is -3.97. The van der Waals surface area contributed by atoms with Gasteiger partial charge in [0.05, 0.1) is 17.0 Å². The summed E-state index contributed by atoms with van der Waals surface area (Å²) in [5.74, 6) is -1.84. The fraction of sp³-hybridized carbons (Fsp3) is 0.364. The summed E-state index contributed by atoms with van der Waals surface area (Å²) in [4.78, 5) is 27.3. The molecule has 2 rings (SSSR count). The largest absolute Gasteiger partial charge is 0.352 e. The molecule has 2 aromatic rings. The van der Waals surface area contributed by atoms with E-state index in [0.29, 0.717) is 10.6 Å². The number of sulfonamides is 1. The van der Waals surface area contributed by atoms with E-state index in [0.717, 1.165) is 22.7 Å². The number of nitrogens with zero attached hydrogens (tertiary/aromatic N) is 2. The van der Waals surface area contributed by atoms with Gasteiger partial charge >= 0.3 is 0 Å². The van der Waals surface area contributed by atoms with Gasteiger partial charge < -0.3 is 10.2 Å². The van der Waals surface area contributed by atoms with Crippen LogP contribution in [0.1, 0.15) is 26.3 Å². The van der Waals surface area contributed by atoms with Crippen LogP contribution in [0, 0.1) is 5.82 Å². The van der Waals surface area contributed by atoms with E-state index in [9.17, 15) is 22.4 Å². The van der Waals surface area contributed by atoms with E-state index in [1.165, 1.54) is 24.0 Å². The summed E-state index contributed by atoms with van der Waals surface area (Å²) in [5.41, 5.74) is 0.519. The third kappa shape index (κ3) is 7.46. The molecule has 186 valence electrons. The van der Waals surface area contributed by atoms with E-state index in [4.69, 9.17) is 34.8 Å². The van der Waals surface area contributed by atoms with Crippen LogP contribution in [0.15, 0.2) is 36.4 Å². The van der Waals surface area contributed by atoms with Crippen molar-refractivity contribution < 1.29 is 22.4 Å². The quantitative estimate of drug-likeness (QED) is 0.496. The number of benzene rings is 2. The van der Waals surface area contributed by atoms with Crippen LogP contribution in [0.4, 0.5) is 10.1 Å². The van der Waals surface area contributed by atoms with E-state index < -0.39 is 40.2 Å². The lowest BCUT2D eigenvalue weighted by molar-refractivity contribution is -0.139. The van der Waals surface area contributed by atoms with Crippen LogP contribution in [0.2, 0.25) is 15.1 Å². The molecule has 1 atom stereocenters. The van der Waals surface area contributed by atoms with Crippen LogP contribution in [-0.2, 0) is 26.2 Å². The van der Waals surface area contributed by atoms with Crippen LogP contribution in [-0.4, -0.2) is 50.0 Å². The Bertz CT molecular complexity index is 1180. The van der Waals surface area contributed by atoms with Crippen molar-refractivity contribution in [3.8, 4) is 0 Å². The number of amides is 2. The second kappa shape index (κ2) is 11.6. The molecule has 0 aliphatic heterocycles. The van der Waals surface area contributed by atoms with Crippen LogP contribution < -0.4 is 9.62 Å². The van der Waals surface area contributed by atoms with E-state index in [2.05, 4.69) is 5.32 Å². The summed E-state index contributed by atoms with van der Waals surface area (Å²) >= 11 is 18.0. The van der Waals surface area contributed by atoms with Crippen LogP contribution in [0.25, 0.3) is 0 Å². The fourth-order valence-electron chi connectivity index (χ4n) is 3.08. The van der Waals surface area contributed by atoms with Gasteiger partial charge in [-0.15, -0.1) is 0 Å². The minimum absolute atomic E-state index is 0.00557. The zero-order chi connectivity index (χ0) is 25.8. The lowest BCUT2D eigenvalue weighted by Crippen LogP contribution is -2.52. The predicted octanol–water partition coefficient (Wildman–Crippen LogP) is 4.49. The molecular weight excluding hydrogens is 528 g/mol. The molecule has 7 nitrogen and oxygen atoms in total. The molecule has 0 heterocycles. The molecule has 2 aromatic carbocycles. The summed E-state index contributed by atoms with van der Waals surface area (Å²) in [6, 6.07) is 6.89. The maximum atomic E-state index is 13.6. The van der Waals surface area contributed by atoms with E-state index in [1.54, 1.807) is 26.0 Å². The number of carbonyl (C=O) groups is 2. The van der Waals surface area contributed by atoms with Crippen molar-refractivity contribution in [1.82, 2.24) is 10.2 Å². The molecule has 0 aliphatic carbocycles. The summed E-state index contributed by atoms with van der Waals surface area (Å²) < 4.78 is 39.4. The van der Waals surface area contributed by atoms with E-state index in [1.807, 2.05) is 0 Å². The number of hydrogen-bond donors (Lipinski definition) is 1. The van der Waals surface area contributed by atoms with Crippen molar-refractivity contribution in [2.75, 3.05) is 17.1 Å². The van der Waals surface area contributed by atoms with Gasteiger partial charge in [-0.1, -0.05) is 40.9 Å². The van der Waals surface area contributed by atoms with Crippen molar-refractivity contribution in [2.45, 2.75) is 39.4 Å². The molecule has 0 fully saturated rings. The van der Waals surface area contributed by atoms with Crippen LogP contribution in [0.5, 0.6) is 0 Å². The molecule has 0 radical (unpaired) electrons. The van der Waals surface area contributed by atoms with Gasteiger partial charge in [0, 0.05) is 22.6 Å². The van der Waals surface area contributed by atoms with Crippen molar-refractivity contribution in [3.05, 3.63) is 62.8 Å². The maximum Gasteiger partial charge on any atom is 0.244 e. The average Bonchev–Trinajstić information content (AvgIpc) is 2.71. The number of anilines is 1. The lowest BCUT2D eigenvalue weighted by Gasteiger charge is -2.32. The number of rotatable bonds is 9. The van der Waals surface area contributed by atoms with E-state index in [-0.39, 0.29) is 28.3 Å². The van der Waals surface area contributed by atoms with Gasteiger partial charge in [-0.3, -0.25) is 13.9 Å². The van der Waals surface area contributed by atoms with Crippen LogP contribution in [0.3, 0.4) is 0 Å². The van der Waals surface area contributed by atoms with Crippen LogP contribution >= 0.6 is 34.8 Å². The molecule has 0 spiro atoms. The summed E-state index contributed by atoms with van der Waals surface area (Å²) in [6.07, 6.45) is 0.910. The normalized spacial score (nSPS) is 12.4. The molecule has 1 N–H and O–H groups in total. The number of nitrogens with one attached hydrogen (secondary N) is 1. The van der Waals surface area contributed by atoms with Gasteiger partial charge in [-0.05, 0) is 56.7 Å². The highest BCUT2D eigenvalue weighted by Gasteiger charge is 2.31. The number of hydrogen-bond acceptors (Lipinski definition) is 4. The average molecular weight is 553 g/mol. The topological polar surface area (TPSA) is 86.8 Å². The molecule has 2 amide bonds. The lowest BCUT2D eigenvalue weighted by atomic mass is 10.1. The Labute approximate surface area is 213 Å². The highest BCUT2D eigenvalue weighted by atomic mass is 35.5. The Kier molecular flexibility index (Phi) is 9.59. The van der Waals surface area contributed by atoms with E-state index >= 15 is 0 Å². The molecule has 0 aliphatic rings. The third-order valence-corrected chi connectivity index (χ3v) is 6.84. The Hall–Kier alpha value is -2.07. The van der Waals surface area contributed by atoms with Crippen molar-refractivity contribution in [2.24, 2.45) is 0 Å². The molecular formula is C22H25Cl3FN3O4S. The smallest absolute Gasteiger partial charge is 0.244 e. The molecule has 0 unspecified atom stereocenters. The van der Waals surface area contributed by atoms with Crippen molar-refractivity contribution in [1.29, 1.82) is 0 Å². The Morgan fingerprint density at radius 2 is 1.68 bits per heavy atom. The SMILES string of the molecule is CC(C)NC(=O)[C@H](C)N(Cc1ccc(Cl)cc1Cl)C(=O)CN(c1ccc(F)c(Cl)c1)S(C)(=O)=O. The summed E-state index contributed by atoms with van der Waals surface area (Å²) in [6.45, 7) is 4.35. The first-order valence-corrected chi connectivity index (χ1v) is 13.2.